The summed E-state index contributed by atoms with van der Waals surface area (Å²) in [6, 6.07) is 2.44. The highest BCUT2D eigenvalue weighted by Crippen LogP contribution is 2.43. The topological polar surface area (TPSA) is 62.1 Å². The van der Waals surface area contributed by atoms with E-state index in [1.165, 1.54) is 0 Å². The van der Waals surface area contributed by atoms with Crippen LogP contribution in [0.15, 0.2) is 0 Å². The van der Waals surface area contributed by atoms with Gasteiger partial charge in [0.2, 0.25) is 5.91 Å². The molecule has 0 aromatic carbocycles. The van der Waals surface area contributed by atoms with E-state index >= 15 is 0 Å². The van der Waals surface area contributed by atoms with Gasteiger partial charge in [0.15, 0.2) is 0 Å². The Morgan fingerprint density at radius 3 is 2.30 bits per heavy atom. The fraction of sp³-hybridized carbons (Fsp3) is 0.875. The predicted molar refractivity (Wildman–Crippen MR) is 76.9 cm³/mol. The van der Waals surface area contributed by atoms with Gasteiger partial charge in [-0.1, -0.05) is 39.5 Å². The van der Waals surface area contributed by atoms with Gasteiger partial charge in [0.05, 0.1) is 12.2 Å². The normalized spacial score (nSPS) is 31.5. The molecule has 2 saturated carbocycles. The number of methoxy groups -OCH3 is 1. The summed E-state index contributed by atoms with van der Waals surface area (Å²) in [6.07, 6.45) is 6.68. The Bertz CT molecular complexity index is 403. The third kappa shape index (κ3) is 2.56. The van der Waals surface area contributed by atoms with Crippen molar-refractivity contribution in [3.05, 3.63) is 0 Å². The fourth-order valence-electron chi connectivity index (χ4n) is 3.55. The zero-order valence-electron chi connectivity index (χ0n) is 12.9. The van der Waals surface area contributed by atoms with Gasteiger partial charge in [0.25, 0.3) is 0 Å². The molecule has 4 nitrogen and oxygen atoms in total. The lowest BCUT2D eigenvalue weighted by Crippen LogP contribution is -2.63. The molecule has 112 valence electrons. The summed E-state index contributed by atoms with van der Waals surface area (Å²) in [4.78, 5) is 12.6. The molecular formula is C16H26N2O2. The average Bonchev–Trinajstić information content (AvgIpc) is 2.69. The predicted octanol–water partition coefficient (Wildman–Crippen LogP) is 2.78. The van der Waals surface area contributed by atoms with Gasteiger partial charge in [-0.3, -0.25) is 4.79 Å². The second kappa shape index (κ2) is 5.73. The minimum absolute atomic E-state index is 0.0498. The maximum absolute atomic E-state index is 12.6. The molecule has 2 aliphatic rings. The van der Waals surface area contributed by atoms with Crippen molar-refractivity contribution >= 4 is 5.91 Å². The van der Waals surface area contributed by atoms with Crippen molar-refractivity contribution < 1.29 is 9.53 Å². The minimum Gasteiger partial charge on any atom is -0.381 e. The second-order valence-corrected chi connectivity index (χ2v) is 6.92. The van der Waals surface area contributed by atoms with Crippen LogP contribution < -0.4 is 5.32 Å². The summed E-state index contributed by atoms with van der Waals surface area (Å²) in [5.74, 6) is -0.0606. The van der Waals surface area contributed by atoms with Gasteiger partial charge >= 0.3 is 0 Å². The first kappa shape index (κ1) is 15.3. The van der Waals surface area contributed by atoms with Crippen LogP contribution in [0, 0.1) is 22.2 Å². The number of hydrogen-bond acceptors (Lipinski definition) is 3. The van der Waals surface area contributed by atoms with Crippen molar-refractivity contribution in [3.63, 3.8) is 0 Å². The van der Waals surface area contributed by atoms with E-state index in [1.54, 1.807) is 7.11 Å². The van der Waals surface area contributed by atoms with Crippen molar-refractivity contribution in [2.24, 2.45) is 10.8 Å². The third-order valence-corrected chi connectivity index (χ3v) is 5.37. The molecule has 0 radical (unpaired) electrons. The van der Waals surface area contributed by atoms with E-state index in [-0.39, 0.29) is 23.5 Å². The molecule has 2 atom stereocenters. The molecule has 4 heteroatoms. The van der Waals surface area contributed by atoms with Crippen LogP contribution in [-0.2, 0) is 9.53 Å². The lowest BCUT2D eigenvalue weighted by molar-refractivity contribution is -0.139. The first-order valence-corrected chi connectivity index (χ1v) is 7.71. The lowest BCUT2D eigenvalue weighted by Gasteiger charge is -2.51. The standard InChI is InChI=1S/C16H26N2O2/c1-15(2)12(10-13(15)20-3)18-14(19)16(11-17)8-6-4-5-7-9-16/h12-13H,4-10H2,1-3H3,(H,18,19). The van der Waals surface area contributed by atoms with Crippen molar-refractivity contribution in [1.82, 2.24) is 5.32 Å². The molecule has 0 aromatic heterocycles. The van der Waals surface area contributed by atoms with Crippen molar-refractivity contribution in [2.75, 3.05) is 7.11 Å². The molecule has 20 heavy (non-hydrogen) atoms. The van der Waals surface area contributed by atoms with Gasteiger partial charge in [-0.25, -0.2) is 0 Å². The van der Waals surface area contributed by atoms with E-state index in [0.29, 0.717) is 12.8 Å². The Kier molecular flexibility index (Phi) is 4.39. The molecule has 0 aliphatic heterocycles. The van der Waals surface area contributed by atoms with E-state index < -0.39 is 5.41 Å². The molecule has 0 heterocycles. The molecule has 0 aromatic rings. The van der Waals surface area contributed by atoms with E-state index in [0.717, 1.165) is 32.1 Å². The summed E-state index contributed by atoms with van der Waals surface area (Å²) in [5.41, 5.74) is -0.851. The highest BCUT2D eigenvalue weighted by Gasteiger charge is 2.51. The number of nitrogens with zero attached hydrogens (tertiary/aromatic N) is 1. The summed E-state index contributed by atoms with van der Waals surface area (Å²) in [7, 11) is 1.71. The van der Waals surface area contributed by atoms with E-state index in [4.69, 9.17) is 4.74 Å². The number of hydrogen-bond donors (Lipinski definition) is 1. The van der Waals surface area contributed by atoms with Crippen LogP contribution in [-0.4, -0.2) is 25.2 Å². The molecule has 2 rings (SSSR count). The van der Waals surface area contributed by atoms with Crippen LogP contribution in [0.3, 0.4) is 0 Å². The van der Waals surface area contributed by atoms with E-state index in [1.807, 2.05) is 0 Å². The molecule has 0 spiro atoms. The van der Waals surface area contributed by atoms with Crippen LogP contribution in [0.5, 0.6) is 0 Å². The molecule has 2 unspecified atom stereocenters. The molecule has 0 bridgehead atoms. The molecule has 0 saturated heterocycles. The fourth-order valence-corrected chi connectivity index (χ4v) is 3.55. The van der Waals surface area contributed by atoms with Crippen molar-refractivity contribution in [3.8, 4) is 6.07 Å². The molecule has 2 aliphatic carbocycles. The molecule has 1 amide bonds. The lowest BCUT2D eigenvalue weighted by atomic mass is 9.64. The number of carbonyl (C=O) groups is 1. The quantitative estimate of drug-likeness (QED) is 0.807. The van der Waals surface area contributed by atoms with Crippen LogP contribution in [0.1, 0.15) is 58.8 Å². The van der Waals surface area contributed by atoms with Gasteiger partial charge in [-0.05, 0) is 19.3 Å². The smallest absolute Gasteiger partial charge is 0.240 e. The van der Waals surface area contributed by atoms with E-state index in [9.17, 15) is 10.1 Å². The summed E-state index contributed by atoms with van der Waals surface area (Å²) in [6.45, 7) is 4.23. The van der Waals surface area contributed by atoms with Crippen molar-refractivity contribution in [1.29, 1.82) is 5.26 Å². The molecule has 1 N–H and O–H groups in total. The molecular weight excluding hydrogens is 252 g/mol. The van der Waals surface area contributed by atoms with Gasteiger partial charge < -0.3 is 10.1 Å². The van der Waals surface area contributed by atoms with E-state index in [2.05, 4.69) is 25.2 Å². The van der Waals surface area contributed by atoms with Crippen LogP contribution in [0.2, 0.25) is 0 Å². The van der Waals surface area contributed by atoms with Gasteiger partial charge in [0, 0.05) is 18.6 Å². The Morgan fingerprint density at radius 2 is 1.85 bits per heavy atom. The molecule has 2 fully saturated rings. The number of ether oxygens (including phenoxy) is 1. The minimum atomic E-state index is -0.801. The first-order valence-electron chi connectivity index (χ1n) is 7.71. The Morgan fingerprint density at radius 1 is 1.25 bits per heavy atom. The Balaban J connectivity index is 2.02. The monoisotopic (exact) mass is 278 g/mol. The zero-order chi connectivity index (χ0) is 14.8. The maximum atomic E-state index is 12.6. The largest absolute Gasteiger partial charge is 0.381 e. The SMILES string of the molecule is COC1CC(NC(=O)C2(C#N)CCCCCC2)C1(C)C. The third-order valence-electron chi connectivity index (χ3n) is 5.37. The highest BCUT2D eigenvalue weighted by atomic mass is 16.5. The van der Waals surface area contributed by atoms with Gasteiger partial charge in [-0.15, -0.1) is 0 Å². The average molecular weight is 278 g/mol. The first-order chi connectivity index (χ1) is 9.46. The number of rotatable bonds is 3. The number of nitrogens with one attached hydrogen (secondary N) is 1. The summed E-state index contributed by atoms with van der Waals surface area (Å²) >= 11 is 0. The highest BCUT2D eigenvalue weighted by molar-refractivity contribution is 5.85. The van der Waals surface area contributed by atoms with Gasteiger partial charge in [-0.2, -0.15) is 5.26 Å². The number of carbonyl (C=O) groups excluding carboxylic acids is 1. The zero-order valence-corrected chi connectivity index (χ0v) is 12.9. The number of amides is 1. The van der Waals surface area contributed by atoms with Crippen LogP contribution in [0.25, 0.3) is 0 Å². The Hall–Kier alpha value is -1.08. The summed E-state index contributed by atoms with van der Waals surface area (Å²) in [5, 5.41) is 12.7. The number of nitriles is 1. The summed E-state index contributed by atoms with van der Waals surface area (Å²) < 4.78 is 5.41. The maximum Gasteiger partial charge on any atom is 0.240 e. The van der Waals surface area contributed by atoms with Crippen LogP contribution >= 0.6 is 0 Å². The Labute approximate surface area is 121 Å². The van der Waals surface area contributed by atoms with Crippen molar-refractivity contribution in [2.45, 2.75) is 70.9 Å². The van der Waals surface area contributed by atoms with Gasteiger partial charge in [0.1, 0.15) is 5.41 Å². The second-order valence-electron chi connectivity index (χ2n) is 6.92. The van der Waals surface area contributed by atoms with Crippen LogP contribution in [0.4, 0.5) is 0 Å².